The van der Waals surface area contributed by atoms with E-state index in [-0.39, 0.29) is 6.61 Å². The van der Waals surface area contributed by atoms with Gasteiger partial charge in [-0.2, -0.15) is 8.42 Å². The number of pyridine rings is 1. The monoisotopic (exact) mass is 350 g/mol. The number of nitrogens with zero attached hydrogens (tertiary/aromatic N) is 2. The molecular formula is C16H15ClN2O3S. The number of fused-ring (bicyclic) bond motifs is 1. The topological polar surface area (TPSA) is 61.2 Å². The lowest BCUT2D eigenvalue weighted by Crippen LogP contribution is -2.08. The third-order valence-corrected chi connectivity index (χ3v) is 4.32. The molecule has 3 aromatic rings. The van der Waals surface area contributed by atoms with Crippen LogP contribution in [0.3, 0.4) is 0 Å². The van der Waals surface area contributed by atoms with E-state index in [1.165, 1.54) is 0 Å². The second-order valence-corrected chi connectivity index (χ2v) is 7.12. The Morgan fingerprint density at radius 1 is 1.22 bits per heavy atom. The molecule has 0 spiro atoms. The summed E-state index contributed by atoms with van der Waals surface area (Å²) in [5, 5.41) is 1.25. The van der Waals surface area contributed by atoms with Gasteiger partial charge in [-0.05, 0) is 24.3 Å². The number of benzene rings is 1. The highest BCUT2D eigenvalue weighted by Crippen LogP contribution is 2.28. The molecule has 2 heterocycles. The van der Waals surface area contributed by atoms with Crippen molar-refractivity contribution in [1.29, 1.82) is 0 Å². The standard InChI is InChI=1S/C16H15ClN2O3S/c1-23(20,21)22-10-8-13-11-14-15(7-9-18-16(14)17)19(13)12-5-3-2-4-6-12/h2-7,9,11H,8,10H2,1H3. The summed E-state index contributed by atoms with van der Waals surface area (Å²) in [6.07, 6.45) is 3.13. The van der Waals surface area contributed by atoms with Gasteiger partial charge in [-0.3, -0.25) is 4.18 Å². The maximum Gasteiger partial charge on any atom is 0.264 e. The minimum atomic E-state index is -3.46. The smallest absolute Gasteiger partial charge is 0.264 e. The molecule has 0 atom stereocenters. The first-order valence-electron chi connectivity index (χ1n) is 7.00. The van der Waals surface area contributed by atoms with Crippen LogP contribution in [0.2, 0.25) is 5.15 Å². The maximum absolute atomic E-state index is 11.1. The van der Waals surface area contributed by atoms with Crippen LogP contribution in [0, 0.1) is 0 Å². The molecule has 0 bridgehead atoms. The van der Waals surface area contributed by atoms with Gasteiger partial charge in [0.05, 0.1) is 18.4 Å². The zero-order valence-corrected chi connectivity index (χ0v) is 14.0. The number of halogens is 1. The lowest BCUT2D eigenvalue weighted by Gasteiger charge is -2.11. The predicted octanol–water partition coefficient (Wildman–Crippen LogP) is 3.20. The molecule has 0 unspecified atom stereocenters. The Balaban J connectivity index is 2.07. The highest BCUT2D eigenvalue weighted by molar-refractivity contribution is 7.85. The summed E-state index contributed by atoms with van der Waals surface area (Å²) in [5.41, 5.74) is 2.80. The van der Waals surface area contributed by atoms with Gasteiger partial charge < -0.3 is 4.57 Å². The van der Waals surface area contributed by atoms with Crippen LogP contribution in [0.1, 0.15) is 5.69 Å². The quantitative estimate of drug-likeness (QED) is 0.523. The second kappa shape index (κ2) is 6.31. The maximum atomic E-state index is 11.1. The molecule has 1 aromatic carbocycles. The average Bonchev–Trinajstić information content (AvgIpc) is 2.87. The molecule has 7 heteroatoms. The molecule has 0 aliphatic rings. The Kier molecular flexibility index (Phi) is 4.39. The van der Waals surface area contributed by atoms with E-state index in [1.807, 2.05) is 47.0 Å². The third-order valence-electron chi connectivity index (χ3n) is 3.43. The largest absolute Gasteiger partial charge is 0.313 e. The molecule has 0 amide bonds. The van der Waals surface area contributed by atoms with Gasteiger partial charge in [-0.25, -0.2) is 4.98 Å². The number of aromatic nitrogens is 2. The minimum Gasteiger partial charge on any atom is -0.313 e. The average molecular weight is 351 g/mol. The molecular weight excluding hydrogens is 336 g/mol. The van der Waals surface area contributed by atoms with Crippen LogP contribution >= 0.6 is 11.6 Å². The molecule has 0 saturated carbocycles. The van der Waals surface area contributed by atoms with E-state index < -0.39 is 10.1 Å². The summed E-state index contributed by atoms with van der Waals surface area (Å²) in [6.45, 7) is 0.0764. The molecule has 0 N–H and O–H groups in total. The van der Waals surface area contributed by atoms with E-state index >= 15 is 0 Å². The van der Waals surface area contributed by atoms with Crippen molar-refractivity contribution in [3.05, 3.63) is 59.5 Å². The zero-order chi connectivity index (χ0) is 16.4. The van der Waals surface area contributed by atoms with Gasteiger partial charge in [-0.15, -0.1) is 0 Å². The van der Waals surface area contributed by atoms with Gasteiger partial charge in [0.1, 0.15) is 5.15 Å². The van der Waals surface area contributed by atoms with Crippen molar-refractivity contribution < 1.29 is 12.6 Å². The second-order valence-electron chi connectivity index (χ2n) is 5.12. The molecule has 0 aliphatic heterocycles. The highest BCUT2D eigenvalue weighted by Gasteiger charge is 2.14. The summed E-state index contributed by atoms with van der Waals surface area (Å²) in [5.74, 6) is 0. The van der Waals surface area contributed by atoms with Crippen LogP contribution in [0.15, 0.2) is 48.7 Å². The van der Waals surface area contributed by atoms with Crippen LogP contribution in [-0.2, 0) is 20.7 Å². The van der Waals surface area contributed by atoms with Gasteiger partial charge in [0.15, 0.2) is 0 Å². The summed E-state index contributed by atoms with van der Waals surface area (Å²) >= 11 is 6.18. The molecule has 0 aliphatic carbocycles. The first-order valence-corrected chi connectivity index (χ1v) is 9.20. The fraction of sp³-hybridized carbons (Fsp3) is 0.188. The summed E-state index contributed by atoms with van der Waals surface area (Å²) in [6, 6.07) is 13.6. The Bertz CT molecular complexity index is 937. The van der Waals surface area contributed by atoms with Crippen molar-refractivity contribution in [2.24, 2.45) is 0 Å². The summed E-state index contributed by atoms with van der Waals surface area (Å²) in [4.78, 5) is 4.10. The Morgan fingerprint density at radius 3 is 2.65 bits per heavy atom. The normalized spacial score (nSPS) is 11.9. The lowest BCUT2D eigenvalue weighted by atomic mass is 10.3. The molecule has 0 saturated heterocycles. The first-order chi connectivity index (χ1) is 11.0. The van der Waals surface area contributed by atoms with E-state index in [0.717, 1.165) is 28.5 Å². The molecule has 120 valence electrons. The molecule has 0 fully saturated rings. The van der Waals surface area contributed by atoms with E-state index in [4.69, 9.17) is 15.8 Å². The number of rotatable bonds is 5. The van der Waals surface area contributed by atoms with Crippen molar-refractivity contribution in [3.8, 4) is 5.69 Å². The van der Waals surface area contributed by atoms with Crippen molar-refractivity contribution in [2.75, 3.05) is 12.9 Å². The van der Waals surface area contributed by atoms with Crippen molar-refractivity contribution >= 4 is 32.6 Å². The Hall–Kier alpha value is -1.89. The van der Waals surface area contributed by atoms with Gasteiger partial charge in [-0.1, -0.05) is 29.8 Å². The highest BCUT2D eigenvalue weighted by atomic mass is 35.5. The van der Waals surface area contributed by atoms with E-state index in [2.05, 4.69) is 4.98 Å². The van der Waals surface area contributed by atoms with Crippen LogP contribution < -0.4 is 0 Å². The lowest BCUT2D eigenvalue weighted by molar-refractivity contribution is 0.324. The Labute approximate surface area is 139 Å². The molecule has 2 aromatic heterocycles. The van der Waals surface area contributed by atoms with E-state index in [1.54, 1.807) is 6.20 Å². The van der Waals surface area contributed by atoms with Gasteiger partial charge in [0.25, 0.3) is 10.1 Å². The van der Waals surface area contributed by atoms with Crippen LogP contribution in [0.4, 0.5) is 0 Å². The number of para-hydroxylation sites is 1. The fourth-order valence-corrected chi connectivity index (χ4v) is 3.11. The fourth-order valence-electron chi connectivity index (χ4n) is 2.52. The van der Waals surface area contributed by atoms with Crippen molar-refractivity contribution in [2.45, 2.75) is 6.42 Å². The SMILES string of the molecule is CS(=O)(=O)OCCc1cc2c(Cl)nccc2n1-c1ccccc1. The van der Waals surface area contributed by atoms with Crippen molar-refractivity contribution in [1.82, 2.24) is 9.55 Å². The Morgan fingerprint density at radius 2 is 1.96 bits per heavy atom. The van der Waals surface area contributed by atoms with Gasteiger partial charge in [0, 0.05) is 29.4 Å². The number of hydrogen-bond acceptors (Lipinski definition) is 4. The summed E-state index contributed by atoms with van der Waals surface area (Å²) in [7, 11) is -3.46. The van der Waals surface area contributed by atoms with Gasteiger partial charge >= 0.3 is 0 Å². The zero-order valence-electron chi connectivity index (χ0n) is 12.4. The number of hydrogen-bond donors (Lipinski definition) is 0. The van der Waals surface area contributed by atoms with Crippen LogP contribution in [0.25, 0.3) is 16.6 Å². The van der Waals surface area contributed by atoms with Crippen LogP contribution in [0.5, 0.6) is 0 Å². The molecule has 0 radical (unpaired) electrons. The summed E-state index contributed by atoms with van der Waals surface area (Å²) < 4.78 is 29.2. The van der Waals surface area contributed by atoms with Crippen molar-refractivity contribution in [3.63, 3.8) is 0 Å². The molecule has 23 heavy (non-hydrogen) atoms. The third kappa shape index (κ3) is 3.55. The van der Waals surface area contributed by atoms with E-state index in [0.29, 0.717) is 11.6 Å². The van der Waals surface area contributed by atoms with Gasteiger partial charge in [0.2, 0.25) is 0 Å². The van der Waals surface area contributed by atoms with Crippen LogP contribution in [-0.4, -0.2) is 30.8 Å². The molecule has 5 nitrogen and oxygen atoms in total. The predicted molar refractivity (Wildman–Crippen MR) is 90.6 cm³/mol. The van der Waals surface area contributed by atoms with E-state index in [9.17, 15) is 8.42 Å². The minimum absolute atomic E-state index is 0.0764. The molecule has 3 rings (SSSR count). The first kappa shape index (κ1) is 16.0.